The van der Waals surface area contributed by atoms with Gasteiger partial charge in [0.2, 0.25) is 0 Å². The number of halogens is 1. The van der Waals surface area contributed by atoms with E-state index in [1.54, 1.807) is 22.9 Å². The molecule has 0 saturated carbocycles. The molecule has 0 saturated heterocycles. The third-order valence-electron chi connectivity index (χ3n) is 2.86. The summed E-state index contributed by atoms with van der Waals surface area (Å²) in [5, 5.41) is 11.9. The Morgan fingerprint density at radius 1 is 1.35 bits per heavy atom. The van der Waals surface area contributed by atoms with Crippen LogP contribution in [0.3, 0.4) is 0 Å². The van der Waals surface area contributed by atoms with Crippen LogP contribution in [0.1, 0.15) is 27.8 Å². The highest BCUT2D eigenvalue weighted by molar-refractivity contribution is 6.34. The van der Waals surface area contributed by atoms with E-state index < -0.39 is 5.97 Å². The second-order valence-corrected chi connectivity index (χ2v) is 4.54. The molecule has 0 unspecified atom stereocenters. The third-order valence-corrected chi connectivity index (χ3v) is 3.19. The fourth-order valence-corrected chi connectivity index (χ4v) is 2.00. The zero-order chi connectivity index (χ0) is 14.7. The van der Waals surface area contributed by atoms with Crippen molar-refractivity contribution in [3.8, 4) is 0 Å². The minimum Gasteiger partial charge on any atom is -0.478 e. The SMILES string of the molecule is CCn1cccc1C(=O)Nc1cc(C(=O)O)ccc1Cl. The molecule has 0 aliphatic heterocycles. The lowest BCUT2D eigenvalue weighted by Gasteiger charge is -2.10. The molecule has 1 heterocycles. The number of aryl methyl sites for hydroxylation is 1. The van der Waals surface area contributed by atoms with Gasteiger partial charge in [-0.1, -0.05) is 11.6 Å². The molecule has 0 bridgehead atoms. The summed E-state index contributed by atoms with van der Waals surface area (Å²) in [5.41, 5.74) is 0.834. The predicted octanol–water partition coefficient (Wildman–Crippen LogP) is 3.11. The fourth-order valence-electron chi connectivity index (χ4n) is 1.84. The zero-order valence-electron chi connectivity index (χ0n) is 10.8. The van der Waals surface area contributed by atoms with Gasteiger partial charge in [0.05, 0.1) is 16.3 Å². The molecule has 104 valence electrons. The van der Waals surface area contributed by atoms with Crippen LogP contribution >= 0.6 is 11.6 Å². The molecular formula is C14H13ClN2O3. The summed E-state index contributed by atoms with van der Waals surface area (Å²) in [4.78, 5) is 23.1. The van der Waals surface area contributed by atoms with Gasteiger partial charge >= 0.3 is 5.97 Å². The number of nitrogens with zero attached hydrogens (tertiary/aromatic N) is 1. The van der Waals surface area contributed by atoms with E-state index in [2.05, 4.69) is 5.32 Å². The maximum absolute atomic E-state index is 12.2. The van der Waals surface area contributed by atoms with Crippen LogP contribution in [0.5, 0.6) is 0 Å². The van der Waals surface area contributed by atoms with E-state index in [4.69, 9.17) is 16.7 Å². The molecule has 0 atom stereocenters. The Balaban J connectivity index is 2.28. The number of rotatable bonds is 4. The smallest absolute Gasteiger partial charge is 0.335 e. The van der Waals surface area contributed by atoms with Crippen molar-refractivity contribution in [2.45, 2.75) is 13.5 Å². The summed E-state index contributed by atoms with van der Waals surface area (Å²) in [6.45, 7) is 2.59. The Bertz CT molecular complexity index is 664. The average Bonchev–Trinajstić information content (AvgIpc) is 2.89. The minimum atomic E-state index is -1.07. The quantitative estimate of drug-likeness (QED) is 0.909. The number of hydrogen-bond acceptors (Lipinski definition) is 2. The number of carboxylic acids is 1. The largest absolute Gasteiger partial charge is 0.478 e. The Hall–Kier alpha value is -2.27. The molecule has 5 nitrogen and oxygen atoms in total. The zero-order valence-corrected chi connectivity index (χ0v) is 11.5. The fraction of sp³-hybridized carbons (Fsp3) is 0.143. The Kier molecular flexibility index (Phi) is 4.10. The lowest BCUT2D eigenvalue weighted by atomic mass is 10.2. The molecule has 1 aromatic heterocycles. The molecule has 0 fully saturated rings. The van der Waals surface area contributed by atoms with Gasteiger partial charge in [-0.3, -0.25) is 4.79 Å². The maximum atomic E-state index is 12.2. The molecule has 2 N–H and O–H groups in total. The van der Waals surface area contributed by atoms with Crippen LogP contribution in [0.15, 0.2) is 36.5 Å². The molecule has 2 rings (SSSR count). The number of carbonyl (C=O) groups is 2. The lowest BCUT2D eigenvalue weighted by molar-refractivity contribution is 0.0696. The van der Waals surface area contributed by atoms with Crippen molar-refractivity contribution in [2.24, 2.45) is 0 Å². The van der Waals surface area contributed by atoms with Crippen molar-refractivity contribution < 1.29 is 14.7 Å². The topological polar surface area (TPSA) is 71.3 Å². The van der Waals surface area contributed by atoms with Crippen LogP contribution in [0, 0.1) is 0 Å². The molecule has 0 aliphatic carbocycles. The highest BCUT2D eigenvalue weighted by Gasteiger charge is 2.13. The van der Waals surface area contributed by atoms with Crippen LogP contribution < -0.4 is 5.32 Å². The van der Waals surface area contributed by atoms with Gasteiger partial charge in [-0.05, 0) is 37.3 Å². The molecule has 0 aliphatic rings. The van der Waals surface area contributed by atoms with Crippen molar-refractivity contribution in [3.05, 3.63) is 52.8 Å². The van der Waals surface area contributed by atoms with Gasteiger partial charge in [0.15, 0.2) is 0 Å². The molecule has 1 aromatic carbocycles. The van der Waals surface area contributed by atoms with Crippen LogP contribution in [0.25, 0.3) is 0 Å². The van der Waals surface area contributed by atoms with Gasteiger partial charge in [0.1, 0.15) is 5.69 Å². The van der Waals surface area contributed by atoms with E-state index in [0.717, 1.165) is 0 Å². The molecule has 0 radical (unpaired) electrons. The number of benzene rings is 1. The second-order valence-electron chi connectivity index (χ2n) is 4.13. The average molecular weight is 293 g/mol. The number of aromatic carboxylic acids is 1. The summed E-state index contributed by atoms with van der Waals surface area (Å²) in [7, 11) is 0. The summed E-state index contributed by atoms with van der Waals surface area (Å²) in [5.74, 6) is -1.41. The second kappa shape index (κ2) is 5.79. The van der Waals surface area contributed by atoms with Crippen molar-refractivity contribution in [3.63, 3.8) is 0 Å². The molecule has 2 aromatic rings. The van der Waals surface area contributed by atoms with Crippen LogP contribution in [0.4, 0.5) is 5.69 Å². The number of hydrogen-bond donors (Lipinski definition) is 2. The first-order chi connectivity index (χ1) is 9.52. The molecular weight excluding hydrogens is 280 g/mol. The summed E-state index contributed by atoms with van der Waals surface area (Å²) >= 11 is 5.97. The van der Waals surface area contributed by atoms with E-state index in [-0.39, 0.29) is 22.2 Å². The van der Waals surface area contributed by atoms with E-state index in [9.17, 15) is 9.59 Å². The van der Waals surface area contributed by atoms with Gasteiger partial charge < -0.3 is 15.0 Å². The number of amides is 1. The summed E-state index contributed by atoms with van der Waals surface area (Å²) in [6.07, 6.45) is 1.80. The summed E-state index contributed by atoms with van der Waals surface area (Å²) in [6, 6.07) is 7.62. The standard InChI is InChI=1S/C14H13ClN2O3/c1-2-17-7-3-4-12(17)13(18)16-11-8-9(14(19)20)5-6-10(11)15/h3-8H,2H2,1H3,(H,16,18)(H,19,20). The van der Waals surface area contributed by atoms with E-state index in [0.29, 0.717) is 12.2 Å². The molecule has 20 heavy (non-hydrogen) atoms. The normalized spacial score (nSPS) is 10.3. The van der Waals surface area contributed by atoms with Gasteiger partial charge in [-0.2, -0.15) is 0 Å². The first kappa shape index (κ1) is 14.1. The third kappa shape index (κ3) is 2.83. The number of nitrogens with one attached hydrogen (secondary N) is 1. The van der Waals surface area contributed by atoms with Crippen molar-refractivity contribution in [1.82, 2.24) is 4.57 Å². The molecule has 0 spiro atoms. The minimum absolute atomic E-state index is 0.0653. The van der Waals surface area contributed by atoms with Crippen LogP contribution in [-0.4, -0.2) is 21.6 Å². The van der Waals surface area contributed by atoms with Crippen LogP contribution in [0.2, 0.25) is 5.02 Å². The highest BCUT2D eigenvalue weighted by atomic mass is 35.5. The van der Waals surface area contributed by atoms with Gasteiger partial charge in [0.25, 0.3) is 5.91 Å². The lowest BCUT2D eigenvalue weighted by Crippen LogP contribution is -2.17. The number of carbonyl (C=O) groups excluding carboxylic acids is 1. The monoisotopic (exact) mass is 292 g/mol. The van der Waals surface area contributed by atoms with Crippen molar-refractivity contribution >= 4 is 29.2 Å². The van der Waals surface area contributed by atoms with Gasteiger partial charge in [-0.25, -0.2) is 4.79 Å². The van der Waals surface area contributed by atoms with Crippen LogP contribution in [-0.2, 0) is 6.54 Å². The van der Waals surface area contributed by atoms with Crippen molar-refractivity contribution in [2.75, 3.05) is 5.32 Å². The molecule has 6 heteroatoms. The Morgan fingerprint density at radius 2 is 2.10 bits per heavy atom. The van der Waals surface area contributed by atoms with E-state index >= 15 is 0 Å². The Morgan fingerprint density at radius 3 is 2.75 bits per heavy atom. The number of carboxylic acid groups (broad SMARTS) is 1. The van der Waals surface area contributed by atoms with E-state index in [1.807, 2.05) is 6.92 Å². The van der Waals surface area contributed by atoms with Gasteiger partial charge in [-0.15, -0.1) is 0 Å². The molecule has 1 amide bonds. The van der Waals surface area contributed by atoms with Gasteiger partial charge in [0, 0.05) is 12.7 Å². The Labute approximate surface area is 120 Å². The first-order valence-electron chi connectivity index (χ1n) is 6.02. The van der Waals surface area contributed by atoms with Crippen molar-refractivity contribution in [1.29, 1.82) is 0 Å². The number of aromatic nitrogens is 1. The maximum Gasteiger partial charge on any atom is 0.335 e. The highest BCUT2D eigenvalue weighted by Crippen LogP contribution is 2.23. The first-order valence-corrected chi connectivity index (χ1v) is 6.40. The number of anilines is 1. The van der Waals surface area contributed by atoms with E-state index in [1.165, 1.54) is 18.2 Å². The summed E-state index contributed by atoms with van der Waals surface area (Å²) < 4.78 is 1.78. The predicted molar refractivity (Wildman–Crippen MR) is 76.5 cm³/mol.